The molecule has 222 valence electrons. The number of hydrogen-bond acceptors (Lipinski definition) is 8. The number of ketones is 1. The predicted octanol–water partition coefficient (Wildman–Crippen LogP) is 3.48. The van der Waals surface area contributed by atoms with Crippen LogP contribution in [0.3, 0.4) is 0 Å². The predicted molar refractivity (Wildman–Crippen MR) is 172 cm³/mol. The average Bonchev–Trinajstić information content (AvgIpc) is 3.56. The van der Waals surface area contributed by atoms with Crippen LogP contribution in [-0.4, -0.2) is 20.5 Å². The number of carboxylic acids is 1. The van der Waals surface area contributed by atoms with Gasteiger partial charge in [-0.1, -0.05) is 78.9 Å². The zero-order valence-corrected chi connectivity index (χ0v) is 27.9. The normalized spacial score (nSPS) is 11.3. The van der Waals surface area contributed by atoms with Crippen molar-refractivity contribution in [1.29, 1.82) is 0 Å². The molecule has 0 spiro atoms. The summed E-state index contributed by atoms with van der Waals surface area (Å²) in [4.78, 5) is 26.8. The molecular formula is C37H27N2NaO5S. The third kappa shape index (κ3) is 8.16. The molecular weight excluding hydrogens is 607 g/mol. The van der Waals surface area contributed by atoms with Crippen LogP contribution in [0.4, 0.5) is 0 Å². The van der Waals surface area contributed by atoms with Gasteiger partial charge in [0.15, 0.2) is 5.78 Å². The second-order valence-electron chi connectivity index (χ2n) is 10.3. The minimum Gasteiger partial charge on any atom is -0.545 e. The number of aliphatic carboxylic acids is 1. The number of nitrogens with zero attached hydrogens (tertiary/aromatic N) is 2. The van der Waals surface area contributed by atoms with Gasteiger partial charge in [-0.15, -0.1) is 0 Å². The average molecular weight is 635 g/mol. The van der Waals surface area contributed by atoms with Crippen molar-refractivity contribution in [1.82, 2.24) is 8.75 Å². The van der Waals surface area contributed by atoms with Crippen molar-refractivity contribution in [2.75, 3.05) is 0 Å². The molecule has 0 aliphatic carbocycles. The van der Waals surface area contributed by atoms with Crippen LogP contribution in [0.5, 0.6) is 11.5 Å². The van der Waals surface area contributed by atoms with E-state index in [0.717, 1.165) is 28.4 Å². The summed E-state index contributed by atoms with van der Waals surface area (Å²) >= 11 is 1.03. The summed E-state index contributed by atoms with van der Waals surface area (Å²) in [5.74, 6) is -0.628. The van der Waals surface area contributed by atoms with Crippen LogP contribution in [0.25, 0.3) is 16.6 Å². The molecule has 7 nitrogen and oxygen atoms in total. The van der Waals surface area contributed by atoms with Crippen LogP contribution in [-0.2, 0) is 24.4 Å². The second kappa shape index (κ2) is 15.6. The van der Waals surface area contributed by atoms with Crippen molar-refractivity contribution < 1.29 is 53.7 Å². The Kier molecular flexibility index (Phi) is 11.1. The second-order valence-corrected chi connectivity index (χ2v) is 10.9. The summed E-state index contributed by atoms with van der Waals surface area (Å²) in [5, 5.41) is 12.7. The molecule has 9 heteroatoms. The third-order valence-corrected chi connectivity index (χ3v) is 7.80. The number of Topliss-reactive ketones (excluding diaryl/α,β-unsaturated/α-hetero) is 1. The molecule has 0 aliphatic heterocycles. The van der Waals surface area contributed by atoms with Crippen LogP contribution in [0.15, 0.2) is 133 Å². The van der Waals surface area contributed by atoms with Gasteiger partial charge in [-0.2, -0.15) is 8.75 Å². The van der Waals surface area contributed by atoms with Crippen molar-refractivity contribution in [3.05, 3.63) is 161 Å². The van der Waals surface area contributed by atoms with Crippen molar-refractivity contribution in [3.63, 3.8) is 0 Å². The molecule has 0 aliphatic rings. The van der Waals surface area contributed by atoms with E-state index in [4.69, 9.17) is 9.47 Å². The summed E-state index contributed by atoms with van der Waals surface area (Å²) in [6, 6.07) is 38.5. The van der Waals surface area contributed by atoms with E-state index in [1.54, 1.807) is 42.5 Å². The third-order valence-electron chi connectivity index (χ3n) is 7.24. The Balaban J connectivity index is 0.00000417. The van der Waals surface area contributed by atoms with Crippen molar-refractivity contribution in [3.8, 4) is 11.5 Å². The maximum atomic E-state index is 14.1. The fraction of sp³-hybridized carbons (Fsp3) is 0.0811. The minimum absolute atomic E-state index is 0. The largest absolute Gasteiger partial charge is 1.00 e. The summed E-state index contributed by atoms with van der Waals surface area (Å²) in [6.45, 7) is 0.796. The van der Waals surface area contributed by atoms with E-state index in [1.807, 2.05) is 84.9 Å². The minimum atomic E-state index is -1.45. The Morgan fingerprint density at radius 2 is 1.13 bits per heavy atom. The molecule has 0 unspecified atom stereocenters. The smallest absolute Gasteiger partial charge is 0.545 e. The number of fused-ring (bicyclic) bond motifs is 1. The molecule has 0 fully saturated rings. The van der Waals surface area contributed by atoms with Crippen LogP contribution in [0.1, 0.15) is 32.6 Å². The van der Waals surface area contributed by atoms with E-state index in [2.05, 4.69) is 8.75 Å². The molecule has 0 amide bonds. The summed E-state index contributed by atoms with van der Waals surface area (Å²) < 4.78 is 20.2. The van der Waals surface area contributed by atoms with Gasteiger partial charge in [0.05, 0.1) is 17.7 Å². The van der Waals surface area contributed by atoms with Crippen LogP contribution in [0, 0.1) is 0 Å². The molecule has 0 saturated carbocycles. The first-order valence-corrected chi connectivity index (χ1v) is 15.0. The first-order valence-electron chi connectivity index (χ1n) is 14.3. The Morgan fingerprint density at radius 1 is 0.609 bits per heavy atom. The van der Waals surface area contributed by atoms with Gasteiger partial charge in [-0.3, -0.25) is 4.79 Å². The van der Waals surface area contributed by atoms with E-state index in [1.165, 1.54) is 0 Å². The zero-order chi connectivity index (χ0) is 31.0. The number of carboxylic acid groups (broad SMARTS) is 1. The molecule has 0 atom stereocenters. The molecule has 0 radical (unpaired) electrons. The number of allylic oxidation sites excluding steroid dienone is 1. The van der Waals surface area contributed by atoms with Crippen LogP contribution in [0.2, 0.25) is 0 Å². The molecule has 5 aromatic carbocycles. The SMILES string of the molecule is O=C([O-])C(=C(Cc1ccc(OCc2ccccc2)cc1)C(=O)c1ccc(OCc2ccccc2)cc1)c1ccc2nsnc2c1.[Na+]. The van der Waals surface area contributed by atoms with Gasteiger partial charge in [0.2, 0.25) is 0 Å². The summed E-state index contributed by atoms with van der Waals surface area (Å²) in [6.07, 6.45) is 0.0563. The molecule has 0 saturated heterocycles. The number of rotatable bonds is 12. The monoisotopic (exact) mass is 634 g/mol. The molecule has 46 heavy (non-hydrogen) atoms. The Morgan fingerprint density at radius 3 is 1.70 bits per heavy atom. The molecule has 6 rings (SSSR count). The van der Waals surface area contributed by atoms with E-state index >= 15 is 0 Å². The van der Waals surface area contributed by atoms with Crippen LogP contribution >= 0.6 is 11.7 Å². The van der Waals surface area contributed by atoms with E-state index < -0.39 is 11.8 Å². The summed E-state index contributed by atoms with van der Waals surface area (Å²) in [5.41, 5.74) is 4.54. The molecule has 1 heterocycles. The Bertz CT molecular complexity index is 1960. The maximum Gasteiger partial charge on any atom is 1.00 e. The fourth-order valence-electron chi connectivity index (χ4n) is 4.90. The maximum absolute atomic E-state index is 14.1. The molecule has 0 bridgehead atoms. The van der Waals surface area contributed by atoms with Gasteiger partial charge in [0.25, 0.3) is 0 Å². The summed E-state index contributed by atoms with van der Waals surface area (Å²) in [7, 11) is 0. The first-order chi connectivity index (χ1) is 22.0. The van der Waals surface area contributed by atoms with Gasteiger partial charge < -0.3 is 19.4 Å². The van der Waals surface area contributed by atoms with E-state index in [0.29, 0.717) is 46.9 Å². The van der Waals surface area contributed by atoms with Gasteiger partial charge in [-0.25, -0.2) is 0 Å². The van der Waals surface area contributed by atoms with Gasteiger partial charge >= 0.3 is 29.6 Å². The number of carbonyl (C=O) groups excluding carboxylic acids is 2. The van der Waals surface area contributed by atoms with E-state index in [-0.39, 0.29) is 47.1 Å². The number of carbonyl (C=O) groups is 2. The number of aromatic nitrogens is 2. The van der Waals surface area contributed by atoms with Gasteiger partial charge in [-0.05, 0) is 70.8 Å². The Hall–Kier alpha value is -4.60. The van der Waals surface area contributed by atoms with Gasteiger partial charge in [0.1, 0.15) is 35.7 Å². The zero-order valence-electron chi connectivity index (χ0n) is 25.1. The first kappa shape index (κ1) is 32.8. The van der Waals surface area contributed by atoms with Gasteiger partial charge in [0, 0.05) is 23.1 Å². The van der Waals surface area contributed by atoms with Crippen LogP contribution < -0.4 is 44.1 Å². The quantitative estimate of drug-likeness (QED) is 0.115. The van der Waals surface area contributed by atoms with Crippen molar-refractivity contribution >= 4 is 40.1 Å². The topological polar surface area (TPSA) is 101 Å². The molecule has 0 N–H and O–H groups in total. The molecule has 1 aromatic heterocycles. The Labute approximate surface area is 292 Å². The molecule has 6 aromatic rings. The van der Waals surface area contributed by atoms with Crippen molar-refractivity contribution in [2.45, 2.75) is 19.6 Å². The standard InChI is InChI=1S/C37H28N2O5S.Na/c40-36(28-13-18-31(19-14-28)44-24-27-9-5-2-6-10-27)32(35(37(41)42)29-15-20-33-34(22-29)39-45-38-33)21-25-11-16-30(17-12-25)43-23-26-7-3-1-4-8-26;/h1-20,22H,21,23-24H2,(H,41,42);/q;+1/p-1. The number of benzene rings is 5. The fourth-order valence-corrected chi connectivity index (χ4v) is 5.42. The number of ether oxygens (including phenoxy) is 2. The number of hydrogen-bond donors (Lipinski definition) is 0. The van der Waals surface area contributed by atoms with Crippen molar-refractivity contribution in [2.24, 2.45) is 0 Å². The van der Waals surface area contributed by atoms with E-state index in [9.17, 15) is 14.7 Å².